The first kappa shape index (κ1) is 18.8. The molecular weight excluding hydrogens is 368 g/mol. The quantitative estimate of drug-likeness (QED) is 0.735. The molecule has 0 unspecified atom stereocenters. The van der Waals surface area contributed by atoms with E-state index in [1.54, 1.807) is 0 Å². The Morgan fingerprint density at radius 2 is 1.76 bits per heavy atom. The lowest BCUT2D eigenvalue weighted by atomic mass is 10.2. The Hall–Kier alpha value is -3.52. The number of amides is 2. The first-order valence-corrected chi connectivity index (χ1v) is 9.45. The number of hydrogen-bond donors (Lipinski definition) is 1. The molecule has 8 heteroatoms. The number of hydrogen-bond acceptors (Lipinski definition) is 6. The average molecular weight is 390 g/mol. The van der Waals surface area contributed by atoms with Gasteiger partial charge in [-0.05, 0) is 31.2 Å². The second-order valence-electron chi connectivity index (χ2n) is 6.65. The van der Waals surface area contributed by atoms with E-state index in [1.165, 1.54) is 11.2 Å². The summed E-state index contributed by atoms with van der Waals surface area (Å²) in [6.45, 7) is 4.64. The third-order valence-corrected chi connectivity index (χ3v) is 4.56. The number of carbonyl (C=O) groups is 1. The molecular formula is C21H22N6O2. The minimum atomic E-state index is -0.348. The van der Waals surface area contributed by atoms with Crippen molar-refractivity contribution in [3.63, 3.8) is 0 Å². The monoisotopic (exact) mass is 390 g/mol. The van der Waals surface area contributed by atoms with Gasteiger partial charge in [-0.2, -0.15) is 4.98 Å². The fourth-order valence-electron chi connectivity index (χ4n) is 3.02. The van der Waals surface area contributed by atoms with Gasteiger partial charge in [-0.1, -0.05) is 35.9 Å². The Bertz CT molecular complexity index is 958. The molecule has 1 saturated heterocycles. The predicted molar refractivity (Wildman–Crippen MR) is 112 cm³/mol. The van der Waals surface area contributed by atoms with E-state index in [2.05, 4.69) is 20.3 Å². The lowest BCUT2D eigenvalue weighted by Gasteiger charge is -2.27. The van der Waals surface area contributed by atoms with Crippen molar-refractivity contribution in [1.82, 2.24) is 15.0 Å². The normalized spacial score (nSPS) is 13.8. The molecule has 0 radical (unpaired) electrons. The molecule has 0 saturated carbocycles. The largest absolute Gasteiger partial charge is 0.378 e. The van der Waals surface area contributed by atoms with Crippen LogP contribution in [0.5, 0.6) is 0 Å². The van der Waals surface area contributed by atoms with Crippen LogP contribution in [0, 0.1) is 6.92 Å². The van der Waals surface area contributed by atoms with Crippen LogP contribution in [0.25, 0.3) is 0 Å². The zero-order chi connectivity index (χ0) is 20.1. The molecule has 148 valence electrons. The highest BCUT2D eigenvalue weighted by molar-refractivity contribution is 6.05. The lowest BCUT2D eigenvalue weighted by molar-refractivity contribution is 0.122. The van der Waals surface area contributed by atoms with Gasteiger partial charge in [-0.25, -0.2) is 19.7 Å². The van der Waals surface area contributed by atoms with Gasteiger partial charge in [0.2, 0.25) is 11.9 Å². The van der Waals surface area contributed by atoms with E-state index in [9.17, 15) is 4.79 Å². The number of benzene rings is 2. The van der Waals surface area contributed by atoms with Crippen LogP contribution in [0.15, 0.2) is 60.9 Å². The van der Waals surface area contributed by atoms with E-state index in [-0.39, 0.29) is 12.0 Å². The van der Waals surface area contributed by atoms with Gasteiger partial charge in [-0.3, -0.25) is 0 Å². The van der Waals surface area contributed by atoms with Crippen LogP contribution in [-0.4, -0.2) is 47.3 Å². The molecule has 2 aromatic carbocycles. The van der Waals surface area contributed by atoms with Gasteiger partial charge in [0, 0.05) is 18.8 Å². The fraction of sp³-hybridized carbons (Fsp3) is 0.238. The Kier molecular flexibility index (Phi) is 5.62. The smallest absolute Gasteiger partial charge is 0.333 e. The summed E-state index contributed by atoms with van der Waals surface area (Å²) in [4.78, 5) is 29.8. The molecule has 1 N–H and O–H groups in total. The van der Waals surface area contributed by atoms with Crippen LogP contribution in [-0.2, 0) is 4.74 Å². The van der Waals surface area contributed by atoms with Crippen LogP contribution in [0.1, 0.15) is 5.56 Å². The Labute approximate surface area is 169 Å². The summed E-state index contributed by atoms with van der Waals surface area (Å²) in [5.41, 5.74) is 2.46. The number of aryl methyl sites for hydroxylation is 1. The Balaban J connectivity index is 1.68. The van der Waals surface area contributed by atoms with Crippen molar-refractivity contribution in [2.45, 2.75) is 6.92 Å². The van der Waals surface area contributed by atoms with Gasteiger partial charge in [0.05, 0.1) is 18.9 Å². The number of para-hydroxylation sites is 1. The number of nitrogens with zero attached hydrogens (tertiary/aromatic N) is 5. The van der Waals surface area contributed by atoms with Gasteiger partial charge in [0.1, 0.15) is 6.33 Å². The summed E-state index contributed by atoms with van der Waals surface area (Å²) in [5, 5.41) is 2.91. The second-order valence-corrected chi connectivity index (χ2v) is 6.65. The molecule has 29 heavy (non-hydrogen) atoms. The molecule has 1 fully saturated rings. The molecule has 0 atom stereocenters. The SMILES string of the molecule is Cc1ccc(N(C(=O)Nc2ccccc2)c2ncnc(N3CCOCC3)n2)cc1. The maximum absolute atomic E-state index is 13.2. The number of ether oxygens (including phenoxy) is 1. The zero-order valence-corrected chi connectivity index (χ0v) is 16.2. The lowest BCUT2D eigenvalue weighted by Crippen LogP contribution is -2.38. The first-order chi connectivity index (χ1) is 14.2. The van der Waals surface area contributed by atoms with Crippen molar-refractivity contribution in [3.05, 3.63) is 66.5 Å². The summed E-state index contributed by atoms with van der Waals surface area (Å²) < 4.78 is 5.40. The number of rotatable bonds is 4. The van der Waals surface area contributed by atoms with E-state index in [1.807, 2.05) is 66.4 Å². The second kappa shape index (κ2) is 8.66. The number of morpholine rings is 1. The van der Waals surface area contributed by atoms with Crippen molar-refractivity contribution in [3.8, 4) is 0 Å². The highest BCUT2D eigenvalue weighted by Gasteiger charge is 2.23. The Morgan fingerprint density at radius 1 is 1.03 bits per heavy atom. The van der Waals surface area contributed by atoms with Crippen LogP contribution in [0.4, 0.5) is 28.1 Å². The first-order valence-electron chi connectivity index (χ1n) is 9.45. The number of anilines is 4. The molecule has 1 aliphatic rings. The van der Waals surface area contributed by atoms with E-state index in [0.717, 1.165) is 5.56 Å². The fourth-order valence-corrected chi connectivity index (χ4v) is 3.02. The molecule has 0 bridgehead atoms. The Morgan fingerprint density at radius 3 is 2.48 bits per heavy atom. The number of aromatic nitrogens is 3. The van der Waals surface area contributed by atoms with Crippen molar-refractivity contribution in [1.29, 1.82) is 0 Å². The van der Waals surface area contributed by atoms with E-state index < -0.39 is 0 Å². The summed E-state index contributed by atoms with van der Waals surface area (Å²) in [5.74, 6) is 0.793. The van der Waals surface area contributed by atoms with Gasteiger partial charge in [0.15, 0.2) is 0 Å². The third kappa shape index (κ3) is 4.49. The maximum Gasteiger partial charge on any atom is 0.333 e. The maximum atomic E-state index is 13.2. The van der Waals surface area contributed by atoms with E-state index in [0.29, 0.717) is 43.6 Å². The van der Waals surface area contributed by atoms with Gasteiger partial charge in [-0.15, -0.1) is 0 Å². The molecule has 8 nitrogen and oxygen atoms in total. The standard InChI is InChI=1S/C21H22N6O2/c1-16-7-9-18(10-8-16)27(21(28)24-17-5-3-2-4-6-17)20-23-15-22-19(25-20)26-11-13-29-14-12-26/h2-10,15H,11-14H2,1H3,(H,24,28). The van der Waals surface area contributed by atoms with E-state index >= 15 is 0 Å². The molecule has 4 rings (SSSR count). The summed E-state index contributed by atoms with van der Waals surface area (Å²) in [7, 11) is 0. The van der Waals surface area contributed by atoms with Gasteiger partial charge >= 0.3 is 6.03 Å². The molecule has 1 aromatic heterocycles. The van der Waals surface area contributed by atoms with Crippen molar-refractivity contribution in [2.75, 3.05) is 41.4 Å². The highest BCUT2D eigenvalue weighted by Crippen LogP contribution is 2.25. The zero-order valence-electron chi connectivity index (χ0n) is 16.2. The average Bonchev–Trinajstić information content (AvgIpc) is 2.77. The number of carbonyl (C=O) groups excluding carboxylic acids is 1. The van der Waals surface area contributed by atoms with Crippen LogP contribution in [0.2, 0.25) is 0 Å². The summed E-state index contributed by atoms with van der Waals surface area (Å²) >= 11 is 0. The van der Waals surface area contributed by atoms with Gasteiger partial charge < -0.3 is 15.0 Å². The van der Waals surface area contributed by atoms with Gasteiger partial charge in [0.25, 0.3) is 0 Å². The highest BCUT2D eigenvalue weighted by atomic mass is 16.5. The summed E-state index contributed by atoms with van der Waals surface area (Å²) in [6.07, 6.45) is 1.43. The minimum absolute atomic E-state index is 0.263. The molecule has 2 heterocycles. The molecule has 0 aliphatic carbocycles. The molecule has 0 spiro atoms. The van der Waals surface area contributed by atoms with Crippen LogP contribution < -0.4 is 15.1 Å². The van der Waals surface area contributed by atoms with Crippen molar-refractivity contribution >= 4 is 29.3 Å². The summed E-state index contributed by atoms with van der Waals surface area (Å²) in [6, 6.07) is 16.6. The minimum Gasteiger partial charge on any atom is -0.378 e. The van der Waals surface area contributed by atoms with Crippen molar-refractivity contribution in [2.24, 2.45) is 0 Å². The van der Waals surface area contributed by atoms with Crippen LogP contribution in [0.3, 0.4) is 0 Å². The van der Waals surface area contributed by atoms with Crippen molar-refractivity contribution < 1.29 is 9.53 Å². The van der Waals surface area contributed by atoms with Crippen LogP contribution >= 0.6 is 0 Å². The molecule has 1 aliphatic heterocycles. The number of nitrogens with one attached hydrogen (secondary N) is 1. The third-order valence-electron chi connectivity index (χ3n) is 4.56. The number of urea groups is 1. The molecule has 2 amide bonds. The topological polar surface area (TPSA) is 83.5 Å². The van der Waals surface area contributed by atoms with E-state index in [4.69, 9.17) is 4.74 Å². The molecule has 3 aromatic rings. The predicted octanol–water partition coefficient (Wildman–Crippen LogP) is 3.39.